The molecule has 5 nitrogen and oxygen atoms in total. The summed E-state index contributed by atoms with van der Waals surface area (Å²) >= 11 is 6.11. The third-order valence-electron chi connectivity index (χ3n) is 4.00. The van der Waals surface area contributed by atoms with Crippen LogP contribution in [0.5, 0.6) is 0 Å². The fraction of sp³-hybridized carbons (Fsp3) is 0.571. The summed E-state index contributed by atoms with van der Waals surface area (Å²) in [5.41, 5.74) is 0. The zero-order chi connectivity index (χ0) is 15.7. The summed E-state index contributed by atoms with van der Waals surface area (Å²) in [5, 5.41) is 5.96. The lowest BCUT2D eigenvalue weighted by Crippen LogP contribution is -2.46. The molecule has 2 aliphatic rings. The second-order valence-electron chi connectivity index (χ2n) is 5.74. The molecule has 120 valence electrons. The number of alkyl halides is 2. The highest BCUT2D eigenvalue weighted by molar-refractivity contribution is 6.32. The van der Waals surface area contributed by atoms with Gasteiger partial charge < -0.3 is 10.2 Å². The highest BCUT2D eigenvalue weighted by Crippen LogP contribution is 2.27. The Labute approximate surface area is 132 Å². The van der Waals surface area contributed by atoms with Gasteiger partial charge in [0.25, 0.3) is 5.92 Å². The maximum absolute atomic E-state index is 13.1. The molecule has 0 saturated carbocycles. The summed E-state index contributed by atoms with van der Waals surface area (Å²) in [6, 6.07) is 2.62. The van der Waals surface area contributed by atoms with Gasteiger partial charge >= 0.3 is 0 Å². The van der Waals surface area contributed by atoms with Gasteiger partial charge in [-0.15, -0.1) is 0 Å². The smallest absolute Gasteiger partial charge is 0.262 e. The summed E-state index contributed by atoms with van der Waals surface area (Å²) in [6.45, 7) is 0.854. The summed E-state index contributed by atoms with van der Waals surface area (Å²) in [4.78, 5) is 18.3. The Hall–Kier alpha value is -1.47. The first-order chi connectivity index (χ1) is 10.4. The number of nitrogens with one attached hydrogen (secondary N) is 2. The Morgan fingerprint density at radius 1 is 1.55 bits per heavy atom. The van der Waals surface area contributed by atoms with Gasteiger partial charge in [0.1, 0.15) is 5.82 Å². The fourth-order valence-corrected chi connectivity index (χ4v) is 3.12. The molecule has 8 heteroatoms. The van der Waals surface area contributed by atoms with Gasteiger partial charge in [-0.3, -0.25) is 10.1 Å². The van der Waals surface area contributed by atoms with E-state index in [0.29, 0.717) is 17.4 Å². The standard InChI is InChI=1S/C14H17ClF2N4O/c15-10-2-1-4-18-12(10)21-5-3-9(7-21)20-13(22)11-6-14(16,17)8-19-11/h1-2,4,9,11,19H,3,5-8H2,(H,20,22). The molecule has 0 aromatic carbocycles. The monoisotopic (exact) mass is 330 g/mol. The van der Waals surface area contributed by atoms with Crippen molar-refractivity contribution in [2.45, 2.75) is 30.8 Å². The summed E-state index contributed by atoms with van der Waals surface area (Å²) in [5.74, 6) is -2.48. The lowest BCUT2D eigenvalue weighted by molar-refractivity contribution is -0.124. The second kappa shape index (κ2) is 5.96. The molecule has 2 saturated heterocycles. The van der Waals surface area contributed by atoms with Crippen LogP contribution >= 0.6 is 11.6 Å². The van der Waals surface area contributed by atoms with Gasteiger partial charge in [0, 0.05) is 31.7 Å². The highest BCUT2D eigenvalue weighted by Gasteiger charge is 2.42. The van der Waals surface area contributed by atoms with Crippen LogP contribution in [0.15, 0.2) is 18.3 Å². The molecule has 0 radical (unpaired) electrons. The van der Waals surface area contributed by atoms with Crippen molar-refractivity contribution in [1.82, 2.24) is 15.6 Å². The van der Waals surface area contributed by atoms with Crippen LogP contribution in [0.1, 0.15) is 12.8 Å². The van der Waals surface area contributed by atoms with Crippen molar-refractivity contribution in [2.75, 3.05) is 24.5 Å². The van der Waals surface area contributed by atoms with E-state index in [9.17, 15) is 13.6 Å². The minimum Gasteiger partial charge on any atom is -0.353 e. The number of anilines is 1. The topological polar surface area (TPSA) is 57.3 Å². The van der Waals surface area contributed by atoms with E-state index in [1.807, 2.05) is 4.90 Å². The molecule has 2 unspecified atom stereocenters. The molecule has 2 atom stereocenters. The number of nitrogens with zero attached hydrogens (tertiary/aromatic N) is 2. The maximum Gasteiger partial charge on any atom is 0.262 e. The Morgan fingerprint density at radius 2 is 2.36 bits per heavy atom. The molecular formula is C14H17ClF2N4O. The van der Waals surface area contributed by atoms with Gasteiger partial charge in [-0.25, -0.2) is 13.8 Å². The number of amides is 1. The van der Waals surface area contributed by atoms with Crippen LogP contribution in [0.4, 0.5) is 14.6 Å². The quantitative estimate of drug-likeness (QED) is 0.880. The Morgan fingerprint density at radius 3 is 3.05 bits per heavy atom. The molecule has 0 aliphatic carbocycles. The number of aromatic nitrogens is 1. The Bertz CT molecular complexity index is 572. The number of hydrogen-bond acceptors (Lipinski definition) is 4. The normalized spacial score (nSPS) is 27.1. The van der Waals surface area contributed by atoms with Crippen LogP contribution in [-0.2, 0) is 4.79 Å². The summed E-state index contributed by atoms with van der Waals surface area (Å²) < 4.78 is 26.2. The Kier molecular flexibility index (Phi) is 4.18. The number of carbonyl (C=O) groups excluding carboxylic acids is 1. The largest absolute Gasteiger partial charge is 0.353 e. The van der Waals surface area contributed by atoms with Crippen molar-refractivity contribution in [1.29, 1.82) is 0 Å². The van der Waals surface area contributed by atoms with E-state index < -0.39 is 24.9 Å². The van der Waals surface area contributed by atoms with Gasteiger partial charge in [-0.2, -0.15) is 0 Å². The van der Waals surface area contributed by atoms with Crippen LogP contribution in [0.2, 0.25) is 5.02 Å². The van der Waals surface area contributed by atoms with E-state index >= 15 is 0 Å². The molecule has 1 aromatic rings. The first-order valence-electron chi connectivity index (χ1n) is 7.22. The van der Waals surface area contributed by atoms with Crippen molar-refractivity contribution < 1.29 is 13.6 Å². The first-order valence-corrected chi connectivity index (χ1v) is 7.59. The van der Waals surface area contributed by atoms with E-state index in [1.54, 1.807) is 18.3 Å². The van der Waals surface area contributed by atoms with Crippen LogP contribution in [0, 0.1) is 0 Å². The van der Waals surface area contributed by atoms with Crippen LogP contribution < -0.4 is 15.5 Å². The average molecular weight is 331 g/mol. The molecule has 1 aromatic heterocycles. The zero-order valence-electron chi connectivity index (χ0n) is 11.9. The molecule has 3 heterocycles. The predicted octanol–water partition coefficient (Wildman–Crippen LogP) is 1.43. The zero-order valence-corrected chi connectivity index (χ0v) is 12.6. The number of carbonyl (C=O) groups is 1. The highest BCUT2D eigenvalue weighted by atomic mass is 35.5. The van der Waals surface area contributed by atoms with Crippen molar-refractivity contribution in [3.8, 4) is 0 Å². The molecule has 2 N–H and O–H groups in total. The van der Waals surface area contributed by atoms with Gasteiger partial charge in [0.05, 0.1) is 17.6 Å². The second-order valence-corrected chi connectivity index (χ2v) is 6.15. The minimum absolute atomic E-state index is 0.0819. The van der Waals surface area contributed by atoms with Gasteiger partial charge in [-0.1, -0.05) is 11.6 Å². The van der Waals surface area contributed by atoms with E-state index in [4.69, 9.17) is 11.6 Å². The van der Waals surface area contributed by atoms with Crippen molar-refractivity contribution >= 4 is 23.3 Å². The lowest BCUT2D eigenvalue weighted by Gasteiger charge is -2.20. The van der Waals surface area contributed by atoms with E-state index in [2.05, 4.69) is 15.6 Å². The molecular weight excluding hydrogens is 314 g/mol. The number of hydrogen-bond donors (Lipinski definition) is 2. The SMILES string of the molecule is O=C(NC1CCN(c2ncccc2Cl)C1)C1CC(F)(F)CN1. The lowest BCUT2D eigenvalue weighted by atomic mass is 10.1. The third-order valence-corrected chi connectivity index (χ3v) is 4.29. The summed E-state index contributed by atoms with van der Waals surface area (Å²) in [6.07, 6.45) is 1.96. The van der Waals surface area contributed by atoms with E-state index in [-0.39, 0.29) is 11.9 Å². The van der Waals surface area contributed by atoms with Gasteiger partial charge in [0.2, 0.25) is 5.91 Å². The first kappa shape index (κ1) is 15.4. The van der Waals surface area contributed by atoms with Gasteiger partial charge in [-0.05, 0) is 18.6 Å². The molecule has 3 rings (SSSR count). The Balaban J connectivity index is 1.55. The van der Waals surface area contributed by atoms with E-state index in [0.717, 1.165) is 13.0 Å². The number of halogens is 3. The van der Waals surface area contributed by atoms with Crippen molar-refractivity contribution in [3.63, 3.8) is 0 Å². The third kappa shape index (κ3) is 3.30. The van der Waals surface area contributed by atoms with Crippen LogP contribution in [0.25, 0.3) is 0 Å². The molecule has 1 amide bonds. The average Bonchev–Trinajstić information content (AvgIpc) is 3.06. The fourth-order valence-electron chi connectivity index (χ4n) is 2.88. The molecule has 0 bridgehead atoms. The van der Waals surface area contributed by atoms with Crippen molar-refractivity contribution in [3.05, 3.63) is 23.4 Å². The summed E-state index contributed by atoms with van der Waals surface area (Å²) in [7, 11) is 0. The molecule has 0 spiro atoms. The minimum atomic E-state index is -2.80. The van der Waals surface area contributed by atoms with Gasteiger partial charge in [0.15, 0.2) is 0 Å². The number of rotatable bonds is 3. The molecule has 2 fully saturated rings. The maximum atomic E-state index is 13.1. The number of pyridine rings is 1. The van der Waals surface area contributed by atoms with Crippen LogP contribution in [-0.4, -0.2) is 48.5 Å². The van der Waals surface area contributed by atoms with Crippen molar-refractivity contribution in [2.24, 2.45) is 0 Å². The molecule has 22 heavy (non-hydrogen) atoms. The predicted molar refractivity (Wildman–Crippen MR) is 79.4 cm³/mol. The van der Waals surface area contributed by atoms with Crippen LogP contribution in [0.3, 0.4) is 0 Å². The molecule has 2 aliphatic heterocycles. The van der Waals surface area contributed by atoms with E-state index in [1.165, 1.54) is 0 Å².